The van der Waals surface area contributed by atoms with Crippen molar-refractivity contribution in [2.24, 2.45) is 0 Å². The van der Waals surface area contributed by atoms with E-state index in [-0.39, 0.29) is 0 Å². The molecule has 1 rings (SSSR count). The van der Waals surface area contributed by atoms with Crippen LogP contribution in [0.1, 0.15) is 26.2 Å². The smallest absolute Gasteiger partial charge is 0.0192 e. The fourth-order valence-corrected chi connectivity index (χ4v) is 2.45. The molecule has 1 atom stereocenters. The molecule has 1 saturated heterocycles. The van der Waals surface area contributed by atoms with Gasteiger partial charge in [-0.25, -0.2) is 0 Å². The second kappa shape index (κ2) is 7.55. The van der Waals surface area contributed by atoms with E-state index in [1.807, 2.05) is 11.8 Å². The zero-order valence-electron chi connectivity index (χ0n) is 9.59. The number of piperazine rings is 1. The van der Waals surface area contributed by atoms with Gasteiger partial charge in [-0.3, -0.25) is 0 Å². The molecule has 0 aromatic carbocycles. The van der Waals surface area contributed by atoms with Gasteiger partial charge in [0.05, 0.1) is 0 Å². The lowest BCUT2D eigenvalue weighted by Gasteiger charge is -2.33. The van der Waals surface area contributed by atoms with Gasteiger partial charge in [-0.2, -0.15) is 11.8 Å². The summed E-state index contributed by atoms with van der Waals surface area (Å²) in [6, 6.07) is 0.740. The predicted octanol–water partition coefficient (Wildman–Crippen LogP) is 1.81. The summed E-state index contributed by atoms with van der Waals surface area (Å²) in [6.07, 6.45) is 6.21. The number of nitrogens with zero attached hydrogens (tertiary/aromatic N) is 1. The number of thioether (sulfide) groups is 1. The number of unbranched alkanes of at least 4 members (excludes halogenated alkanes) is 1. The molecule has 14 heavy (non-hydrogen) atoms. The Bertz CT molecular complexity index is 141. The maximum atomic E-state index is 3.55. The molecule has 0 amide bonds. The number of rotatable bonds is 6. The molecule has 1 aliphatic heterocycles. The molecule has 0 aromatic rings. The normalized spacial score (nSPS) is 24.0. The third-order valence-corrected chi connectivity index (χ3v) is 3.60. The summed E-state index contributed by atoms with van der Waals surface area (Å²) in [5.41, 5.74) is 0. The lowest BCUT2D eigenvalue weighted by molar-refractivity contribution is 0.195. The molecule has 0 radical (unpaired) electrons. The van der Waals surface area contributed by atoms with Gasteiger partial charge >= 0.3 is 0 Å². The van der Waals surface area contributed by atoms with Gasteiger partial charge in [0.1, 0.15) is 0 Å². The van der Waals surface area contributed by atoms with E-state index >= 15 is 0 Å². The van der Waals surface area contributed by atoms with Crippen molar-refractivity contribution in [3.05, 3.63) is 0 Å². The van der Waals surface area contributed by atoms with Crippen LogP contribution >= 0.6 is 11.8 Å². The Hall–Kier alpha value is 0.270. The first-order chi connectivity index (χ1) is 6.86. The summed E-state index contributed by atoms with van der Waals surface area (Å²) in [6.45, 7) is 7.26. The van der Waals surface area contributed by atoms with Gasteiger partial charge in [-0.1, -0.05) is 6.92 Å². The van der Waals surface area contributed by atoms with Crippen LogP contribution in [0.3, 0.4) is 0 Å². The fraction of sp³-hybridized carbons (Fsp3) is 1.00. The summed E-state index contributed by atoms with van der Waals surface area (Å²) >= 11 is 1.96. The van der Waals surface area contributed by atoms with Gasteiger partial charge in [0.15, 0.2) is 0 Å². The molecule has 2 nitrogen and oxygen atoms in total. The third-order valence-electron chi connectivity index (χ3n) is 2.91. The zero-order valence-corrected chi connectivity index (χ0v) is 10.4. The molecule has 1 aliphatic rings. The van der Waals surface area contributed by atoms with E-state index in [1.165, 1.54) is 51.2 Å². The van der Waals surface area contributed by atoms with Crippen LogP contribution in [0, 0.1) is 0 Å². The second-order valence-electron chi connectivity index (χ2n) is 4.06. The van der Waals surface area contributed by atoms with Crippen molar-refractivity contribution in [1.82, 2.24) is 10.2 Å². The Morgan fingerprint density at radius 3 is 3.00 bits per heavy atom. The highest BCUT2D eigenvalue weighted by atomic mass is 32.2. The predicted molar refractivity (Wildman–Crippen MR) is 66.1 cm³/mol. The van der Waals surface area contributed by atoms with E-state index in [0.29, 0.717) is 0 Å². The third kappa shape index (κ3) is 4.67. The number of nitrogens with one attached hydrogen (secondary N) is 1. The first-order valence-electron chi connectivity index (χ1n) is 5.81. The summed E-state index contributed by atoms with van der Waals surface area (Å²) in [7, 11) is 0. The topological polar surface area (TPSA) is 15.3 Å². The van der Waals surface area contributed by atoms with E-state index in [1.54, 1.807) is 0 Å². The molecule has 84 valence electrons. The van der Waals surface area contributed by atoms with Gasteiger partial charge in [-0.05, 0) is 37.8 Å². The maximum absolute atomic E-state index is 3.55. The molecular weight excluding hydrogens is 192 g/mol. The highest BCUT2D eigenvalue weighted by molar-refractivity contribution is 7.98. The minimum Gasteiger partial charge on any atom is -0.311 e. The molecule has 0 saturated carbocycles. The molecule has 1 unspecified atom stereocenters. The van der Waals surface area contributed by atoms with Crippen molar-refractivity contribution in [3.63, 3.8) is 0 Å². The van der Waals surface area contributed by atoms with Crippen LogP contribution in [0.4, 0.5) is 0 Å². The van der Waals surface area contributed by atoms with Crippen LogP contribution in [0.5, 0.6) is 0 Å². The lowest BCUT2D eigenvalue weighted by Crippen LogP contribution is -2.50. The first-order valence-corrected chi connectivity index (χ1v) is 7.21. The van der Waals surface area contributed by atoms with Crippen molar-refractivity contribution >= 4 is 11.8 Å². The van der Waals surface area contributed by atoms with Crippen LogP contribution < -0.4 is 5.32 Å². The lowest BCUT2D eigenvalue weighted by atomic mass is 10.1. The zero-order chi connectivity index (χ0) is 10.2. The second-order valence-corrected chi connectivity index (χ2v) is 5.05. The molecule has 1 N–H and O–H groups in total. The minimum absolute atomic E-state index is 0.740. The van der Waals surface area contributed by atoms with E-state index in [2.05, 4.69) is 23.4 Å². The summed E-state index contributed by atoms with van der Waals surface area (Å²) in [4.78, 5) is 2.62. The van der Waals surface area contributed by atoms with Gasteiger partial charge in [0.25, 0.3) is 0 Å². The Labute approximate surface area is 92.8 Å². The SMILES string of the molecule is CCC1CN(CCCCSC)CCN1. The monoisotopic (exact) mass is 216 g/mol. The van der Waals surface area contributed by atoms with E-state index < -0.39 is 0 Å². The molecule has 1 heterocycles. The molecule has 0 aliphatic carbocycles. The molecule has 0 aromatic heterocycles. The summed E-state index contributed by atoms with van der Waals surface area (Å²) in [5, 5.41) is 3.55. The quantitative estimate of drug-likeness (QED) is 0.682. The Morgan fingerprint density at radius 1 is 1.43 bits per heavy atom. The highest BCUT2D eigenvalue weighted by Crippen LogP contribution is 2.05. The van der Waals surface area contributed by atoms with Crippen LogP contribution in [0.15, 0.2) is 0 Å². The molecule has 0 bridgehead atoms. The van der Waals surface area contributed by atoms with Crippen LogP contribution in [0.25, 0.3) is 0 Å². The molecule has 1 fully saturated rings. The van der Waals surface area contributed by atoms with Crippen molar-refractivity contribution in [2.45, 2.75) is 32.2 Å². The van der Waals surface area contributed by atoms with Crippen LogP contribution in [-0.2, 0) is 0 Å². The van der Waals surface area contributed by atoms with Crippen LogP contribution in [0.2, 0.25) is 0 Å². The summed E-state index contributed by atoms with van der Waals surface area (Å²) < 4.78 is 0. The fourth-order valence-electron chi connectivity index (χ4n) is 1.95. The van der Waals surface area contributed by atoms with Crippen molar-refractivity contribution < 1.29 is 0 Å². The maximum Gasteiger partial charge on any atom is 0.0192 e. The Morgan fingerprint density at radius 2 is 2.29 bits per heavy atom. The molecule has 3 heteroatoms. The van der Waals surface area contributed by atoms with Gasteiger partial charge in [-0.15, -0.1) is 0 Å². The summed E-state index contributed by atoms with van der Waals surface area (Å²) in [5.74, 6) is 1.32. The van der Waals surface area contributed by atoms with E-state index in [4.69, 9.17) is 0 Å². The Balaban J connectivity index is 2.05. The molecular formula is C11H24N2S. The molecule has 0 spiro atoms. The standard InChI is InChI=1S/C11H24N2S/c1-3-11-10-13(8-6-12-11)7-4-5-9-14-2/h11-12H,3-10H2,1-2H3. The number of hydrogen-bond donors (Lipinski definition) is 1. The largest absolute Gasteiger partial charge is 0.311 e. The average Bonchev–Trinajstić information content (AvgIpc) is 2.25. The van der Waals surface area contributed by atoms with Crippen molar-refractivity contribution in [1.29, 1.82) is 0 Å². The number of hydrogen-bond acceptors (Lipinski definition) is 3. The minimum atomic E-state index is 0.740. The first kappa shape index (κ1) is 12.3. The van der Waals surface area contributed by atoms with Crippen molar-refractivity contribution in [2.75, 3.05) is 38.2 Å². The van der Waals surface area contributed by atoms with Gasteiger partial charge in [0, 0.05) is 25.7 Å². The van der Waals surface area contributed by atoms with E-state index in [0.717, 1.165) is 6.04 Å². The van der Waals surface area contributed by atoms with Gasteiger partial charge < -0.3 is 10.2 Å². The Kier molecular flexibility index (Phi) is 6.65. The average molecular weight is 216 g/mol. The van der Waals surface area contributed by atoms with Crippen molar-refractivity contribution in [3.8, 4) is 0 Å². The van der Waals surface area contributed by atoms with Crippen LogP contribution in [-0.4, -0.2) is 49.1 Å². The highest BCUT2D eigenvalue weighted by Gasteiger charge is 2.16. The van der Waals surface area contributed by atoms with E-state index in [9.17, 15) is 0 Å². The van der Waals surface area contributed by atoms with Gasteiger partial charge in [0.2, 0.25) is 0 Å².